The number of aromatic nitrogens is 1. The highest BCUT2D eigenvalue weighted by Gasteiger charge is 2.32. The fourth-order valence-electron chi connectivity index (χ4n) is 3.51. The first-order valence-corrected chi connectivity index (χ1v) is 12.6. The third-order valence-electron chi connectivity index (χ3n) is 5.50. The number of carbonyl (C=O) groups is 1. The predicted octanol–water partition coefficient (Wildman–Crippen LogP) is 4.07. The predicted molar refractivity (Wildman–Crippen MR) is 131 cm³/mol. The number of alkyl halides is 1. The van der Waals surface area contributed by atoms with Crippen LogP contribution in [0.2, 0.25) is 0 Å². The van der Waals surface area contributed by atoms with Gasteiger partial charge in [-0.15, -0.1) is 0 Å². The summed E-state index contributed by atoms with van der Waals surface area (Å²) in [6.07, 6.45) is 0.680. The number of methoxy groups -OCH3 is 1. The molecule has 0 unspecified atom stereocenters. The molecule has 3 aromatic rings. The largest absolute Gasteiger partial charge is 0.382 e. The van der Waals surface area contributed by atoms with Crippen molar-refractivity contribution in [3.8, 4) is 11.1 Å². The summed E-state index contributed by atoms with van der Waals surface area (Å²) < 4.78 is 62.9. The Hall–Kier alpha value is -3.12. The average Bonchev–Trinajstić information content (AvgIpc) is 3.21. The quantitative estimate of drug-likeness (QED) is 0.178. The molecule has 0 amide bonds. The zero-order chi connectivity index (χ0) is 26.1. The van der Waals surface area contributed by atoms with Crippen LogP contribution >= 0.6 is 0 Å². The second-order valence-corrected chi connectivity index (χ2v) is 9.67. The molecule has 0 saturated heterocycles. The number of aldehydes is 1. The minimum Gasteiger partial charge on any atom is -0.382 e. The Balaban J connectivity index is 2.11. The molecule has 0 N–H and O–H groups in total. The molecule has 1 heterocycles. The molecule has 0 aliphatic heterocycles. The van der Waals surface area contributed by atoms with Gasteiger partial charge in [-0.1, -0.05) is 35.5 Å². The van der Waals surface area contributed by atoms with Crippen molar-refractivity contribution < 1.29 is 36.3 Å². The van der Waals surface area contributed by atoms with Gasteiger partial charge in [0.05, 0.1) is 31.3 Å². The summed E-state index contributed by atoms with van der Waals surface area (Å²) in [4.78, 5) is 11.3. The monoisotopic (exact) mass is 520 g/mol. The van der Waals surface area contributed by atoms with Crippen molar-refractivity contribution in [1.29, 1.82) is 0 Å². The first kappa shape index (κ1) is 27.5. The van der Waals surface area contributed by atoms with Gasteiger partial charge in [-0.05, 0) is 37.1 Å². The minimum absolute atomic E-state index is 0.000741. The van der Waals surface area contributed by atoms with Gasteiger partial charge in [-0.3, -0.25) is 4.79 Å². The van der Waals surface area contributed by atoms with Gasteiger partial charge in [-0.2, -0.15) is 0 Å². The molecule has 0 atom stereocenters. The Bertz CT molecular complexity index is 1280. The highest BCUT2D eigenvalue weighted by Crippen LogP contribution is 2.35. The van der Waals surface area contributed by atoms with E-state index >= 15 is 0 Å². The average molecular weight is 521 g/mol. The number of nitrogens with zero attached hydrogens (tertiary/aromatic N) is 2. The number of ether oxygens (including phenoxy) is 3. The lowest BCUT2D eigenvalue weighted by molar-refractivity contribution is 0.0753. The molecule has 0 saturated carbocycles. The summed E-state index contributed by atoms with van der Waals surface area (Å²) in [5.41, 5.74) is 2.41. The van der Waals surface area contributed by atoms with Crippen LogP contribution < -0.4 is 4.31 Å². The Kier molecular flexibility index (Phi) is 9.71. The van der Waals surface area contributed by atoms with E-state index < -0.39 is 16.7 Å². The molecule has 194 valence electrons. The maximum Gasteiger partial charge on any atom is 0.268 e. The Labute approximate surface area is 209 Å². The van der Waals surface area contributed by atoms with Crippen molar-refractivity contribution in [1.82, 2.24) is 5.16 Å². The summed E-state index contributed by atoms with van der Waals surface area (Å²) >= 11 is 0. The third kappa shape index (κ3) is 6.16. The van der Waals surface area contributed by atoms with Crippen molar-refractivity contribution in [2.24, 2.45) is 0 Å². The molecule has 0 aliphatic carbocycles. The fraction of sp³-hybridized carbons (Fsp3) is 0.360. The van der Waals surface area contributed by atoms with E-state index in [4.69, 9.17) is 18.7 Å². The minimum atomic E-state index is -4.21. The molecule has 3 rings (SSSR count). The van der Waals surface area contributed by atoms with Crippen LogP contribution in [0, 0.1) is 13.8 Å². The van der Waals surface area contributed by atoms with Gasteiger partial charge in [0.2, 0.25) is 0 Å². The highest BCUT2D eigenvalue weighted by molar-refractivity contribution is 7.93. The Morgan fingerprint density at radius 2 is 1.83 bits per heavy atom. The molecule has 0 fully saturated rings. The van der Waals surface area contributed by atoms with Crippen molar-refractivity contribution in [2.75, 3.05) is 44.6 Å². The fourth-order valence-corrected chi connectivity index (χ4v) is 5.07. The van der Waals surface area contributed by atoms with E-state index in [2.05, 4.69) is 5.16 Å². The number of sulfonamides is 1. The first-order valence-electron chi connectivity index (χ1n) is 11.2. The molecule has 1 aromatic heterocycles. The molecule has 9 nitrogen and oxygen atoms in total. The van der Waals surface area contributed by atoms with Gasteiger partial charge in [0.25, 0.3) is 10.0 Å². The van der Waals surface area contributed by atoms with Gasteiger partial charge >= 0.3 is 0 Å². The summed E-state index contributed by atoms with van der Waals surface area (Å²) in [7, 11) is -2.69. The first-order chi connectivity index (χ1) is 17.3. The number of carbonyl (C=O) groups excluding carboxylic acids is 1. The van der Waals surface area contributed by atoms with Crippen molar-refractivity contribution >= 4 is 22.1 Å². The lowest BCUT2D eigenvalue weighted by Crippen LogP contribution is -2.35. The van der Waals surface area contributed by atoms with Gasteiger partial charge in [0.15, 0.2) is 5.82 Å². The lowest BCUT2D eigenvalue weighted by atomic mass is 9.98. The van der Waals surface area contributed by atoms with Crippen LogP contribution in [-0.4, -0.2) is 60.2 Å². The van der Waals surface area contributed by atoms with Crippen LogP contribution in [-0.2, 0) is 30.8 Å². The van der Waals surface area contributed by atoms with E-state index in [0.29, 0.717) is 39.9 Å². The zero-order valence-electron chi connectivity index (χ0n) is 20.4. The van der Waals surface area contributed by atoms with E-state index in [1.165, 1.54) is 13.2 Å². The maximum atomic E-state index is 14.0. The van der Waals surface area contributed by atoms with Crippen LogP contribution in [0.3, 0.4) is 0 Å². The van der Waals surface area contributed by atoms with Crippen LogP contribution in [0.25, 0.3) is 11.1 Å². The maximum absolute atomic E-state index is 14.0. The number of rotatable bonds is 14. The smallest absolute Gasteiger partial charge is 0.268 e. The molecule has 0 radical (unpaired) electrons. The van der Waals surface area contributed by atoms with E-state index in [1.54, 1.807) is 50.2 Å². The molecular weight excluding hydrogens is 491 g/mol. The Morgan fingerprint density at radius 3 is 2.50 bits per heavy atom. The van der Waals surface area contributed by atoms with Gasteiger partial charge in [0, 0.05) is 23.8 Å². The van der Waals surface area contributed by atoms with Crippen molar-refractivity contribution in [3.63, 3.8) is 0 Å². The summed E-state index contributed by atoms with van der Waals surface area (Å²) in [5, 5.41) is 3.97. The molecule has 0 bridgehead atoms. The van der Waals surface area contributed by atoms with E-state index in [-0.39, 0.29) is 43.9 Å². The van der Waals surface area contributed by atoms with Crippen LogP contribution in [0.5, 0.6) is 0 Å². The van der Waals surface area contributed by atoms with E-state index in [9.17, 15) is 17.6 Å². The van der Waals surface area contributed by atoms with Crippen molar-refractivity contribution in [3.05, 3.63) is 64.9 Å². The molecule has 11 heteroatoms. The SMILES string of the molecule is COCCOCN(c1noc(C)c1C)S(=O)(=O)c1ccccc1-c1ccc(C=O)cc1COCCF. The lowest BCUT2D eigenvalue weighted by Gasteiger charge is -2.24. The highest BCUT2D eigenvalue weighted by atomic mass is 32.2. The summed E-state index contributed by atoms with van der Waals surface area (Å²) in [5.74, 6) is 0.592. The number of halogens is 1. The van der Waals surface area contributed by atoms with Gasteiger partial charge < -0.3 is 18.7 Å². The van der Waals surface area contributed by atoms with Crippen molar-refractivity contribution in [2.45, 2.75) is 25.3 Å². The molecule has 2 aromatic carbocycles. The summed E-state index contributed by atoms with van der Waals surface area (Å²) in [6.45, 7) is 2.75. The number of hydrogen-bond acceptors (Lipinski definition) is 8. The molecule has 0 aliphatic rings. The number of benzene rings is 2. The summed E-state index contributed by atoms with van der Waals surface area (Å²) in [6, 6.07) is 11.3. The second kappa shape index (κ2) is 12.7. The van der Waals surface area contributed by atoms with Gasteiger partial charge in [-0.25, -0.2) is 17.1 Å². The third-order valence-corrected chi connectivity index (χ3v) is 7.27. The molecule has 36 heavy (non-hydrogen) atoms. The van der Waals surface area contributed by atoms with Crippen LogP contribution in [0.1, 0.15) is 27.2 Å². The van der Waals surface area contributed by atoms with Crippen LogP contribution in [0.4, 0.5) is 10.2 Å². The second-order valence-electron chi connectivity index (χ2n) is 7.84. The van der Waals surface area contributed by atoms with E-state index in [1.807, 2.05) is 0 Å². The topological polar surface area (TPSA) is 108 Å². The number of aryl methyl sites for hydroxylation is 1. The normalized spacial score (nSPS) is 11.6. The molecular formula is C25H29FN2O7S. The van der Waals surface area contributed by atoms with E-state index in [0.717, 1.165) is 4.31 Å². The zero-order valence-corrected chi connectivity index (χ0v) is 21.2. The number of anilines is 1. The standard InChI is InChI=1S/C25H29FN2O7S/c1-18-19(2)35-27-25(18)28(17-34-13-12-32-3)36(30,31)24-7-5-4-6-23(24)22-9-8-20(15-29)14-21(22)16-33-11-10-26/h4-9,14-15H,10-13,16-17H2,1-3H3. The molecule has 0 spiro atoms. The Morgan fingerprint density at radius 1 is 1.06 bits per heavy atom. The van der Waals surface area contributed by atoms with Gasteiger partial charge in [0.1, 0.15) is 25.5 Å². The van der Waals surface area contributed by atoms with Crippen LogP contribution in [0.15, 0.2) is 51.9 Å². The number of hydrogen-bond donors (Lipinski definition) is 0.